The standard InChI is InChI=1S/C19H19N3O/c1-13-10-18(21-16-6-4-3-5-7-16)17-9-8-15(12-20)11-19(17)22(13)14(2)23/h3-9,11,13,18,21H,10H2,1-2H3/t13-,18+/m1/s1. The molecule has 0 radical (unpaired) electrons. The maximum atomic E-state index is 12.1. The van der Waals surface area contributed by atoms with Gasteiger partial charge in [0.1, 0.15) is 0 Å². The first-order chi connectivity index (χ1) is 11.1. The number of anilines is 2. The lowest BCUT2D eigenvalue weighted by molar-refractivity contribution is -0.117. The van der Waals surface area contributed by atoms with Gasteiger partial charge < -0.3 is 10.2 Å². The molecule has 0 fully saturated rings. The molecular formula is C19H19N3O. The molecular weight excluding hydrogens is 286 g/mol. The smallest absolute Gasteiger partial charge is 0.224 e. The van der Waals surface area contributed by atoms with Crippen molar-refractivity contribution in [3.05, 3.63) is 59.7 Å². The number of amides is 1. The fourth-order valence-electron chi connectivity index (χ4n) is 3.28. The molecule has 1 aliphatic rings. The number of fused-ring (bicyclic) bond motifs is 1. The van der Waals surface area contributed by atoms with Gasteiger partial charge >= 0.3 is 0 Å². The van der Waals surface area contributed by atoms with E-state index in [0.717, 1.165) is 23.4 Å². The summed E-state index contributed by atoms with van der Waals surface area (Å²) in [6.07, 6.45) is 0.827. The molecule has 4 heteroatoms. The van der Waals surface area contributed by atoms with Gasteiger partial charge in [0.15, 0.2) is 0 Å². The van der Waals surface area contributed by atoms with Crippen LogP contribution in [-0.4, -0.2) is 11.9 Å². The number of carbonyl (C=O) groups is 1. The molecule has 2 aromatic rings. The van der Waals surface area contributed by atoms with Crippen molar-refractivity contribution in [2.45, 2.75) is 32.4 Å². The summed E-state index contributed by atoms with van der Waals surface area (Å²) in [5, 5.41) is 12.7. The van der Waals surface area contributed by atoms with E-state index in [4.69, 9.17) is 5.26 Å². The molecule has 0 unspecified atom stereocenters. The van der Waals surface area contributed by atoms with Gasteiger partial charge in [0.05, 0.1) is 23.4 Å². The molecule has 116 valence electrons. The monoisotopic (exact) mass is 305 g/mol. The van der Waals surface area contributed by atoms with Crippen molar-refractivity contribution in [2.75, 3.05) is 10.2 Å². The average Bonchev–Trinajstić information content (AvgIpc) is 2.54. The first kappa shape index (κ1) is 15.1. The first-order valence-electron chi connectivity index (χ1n) is 7.75. The van der Waals surface area contributed by atoms with Crippen LogP contribution < -0.4 is 10.2 Å². The predicted molar refractivity (Wildman–Crippen MR) is 91.2 cm³/mol. The van der Waals surface area contributed by atoms with E-state index in [-0.39, 0.29) is 18.0 Å². The zero-order chi connectivity index (χ0) is 16.4. The number of para-hydroxylation sites is 1. The third-order valence-electron chi connectivity index (χ3n) is 4.27. The van der Waals surface area contributed by atoms with E-state index in [1.165, 1.54) is 0 Å². The highest BCUT2D eigenvalue weighted by Gasteiger charge is 2.32. The van der Waals surface area contributed by atoms with Crippen LogP contribution in [0, 0.1) is 11.3 Å². The summed E-state index contributed by atoms with van der Waals surface area (Å²) in [6, 6.07) is 18.0. The molecule has 0 saturated carbocycles. The Morgan fingerprint density at radius 2 is 2.00 bits per heavy atom. The lowest BCUT2D eigenvalue weighted by atomic mass is 9.90. The van der Waals surface area contributed by atoms with Crippen molar-refractivity contribution in [3.63, 3.8) is 0 Å². The van der Waals surface area contributed by atoms with Crippen LogP contribution in [0.4, 0.5) is 11.4 Å². The predicted octanol–water partition coefficient (Wildman–Crippen LogP) is 3.86. The molecule has 0 aromatic heterocycles. The minimum absolute atomic E-state index is 0.00648. The molecule has 2 aromatic carbocycles. The van der Waals surface area contributed by atoms with E-state index < -0.39 is 0 Å². The van der Waals surface area contributed by atoms with Crippen LogP contribution in [-0.2, 0) is 4.79 Å². The summed E-state index contributed by atoms with van der Waals surface area (Å²) in [6.45, 7) is 3.62. The maximum absolute atomic E-state index is 12.1. The Balaban J connectivity index is 2.03. The highest BCUT2D eigenvalue weighted by molar-refractivity contribution is 5.94. The second-order valence-corrected chi connectivity index (χ2v) is 5.92. The molecule has 2 atom stereocenters. The highest BCUT2D eigenvalue weighted by atomic mass is 16.2. The molecule has 3 rings (SSSR count). The summed E-state index contributed by atoms with van der Waals surface area (Å²) < 4.78 is 0. The summed E-state index contributed by atoms with van der Waals surface area (Å²) in [5.41, 5.74) is 3.52. The molecule has 1 aliphatic heterocycles. The van der Waals surface area contributed by atoms with E-state index in [9.17, 15) is 4.79 Å². The minimum atomic E-state index is 0.00648. The first-order valence-corrected chi connectivity index (χ1v) is 7.75. The number of nitrogens with zero attached hydrogens (tertiary/aromatic N) is 2. The summed E-state index contributed by atoms with van der Waals surface area (Å²) in [7, 11) is 0. The Hall–Kier alpha value is -2.80. The summed E-state index contributed by atoms with van der Waals surface area (Å²) >= 11 is 0. The van der Waals surface area contributed by atoms with Gasteiger partial charge in [-0.05, 0) is 43.2 Å². The molecule has 0 saturated heterocycles. The Morgan fingerprint density at radius 3 is 2.65 bits per heavy atom. The van der Waals surface area contributed by atoms with Gasteiger partial charge in [0.25, 0.3) is 0 Å². The fourth-order valence-corrected chi connectivity index (χ4v) is 3.28. The van der Waals surface area contributed by atoms with Gasteiger partial charge in [-0.2, -0.15) is 5.26 Å². The molecule has 1 amide bonds. The van der Waals surface area contributed by atoms with Crippen LogP contribution in [0.5, 0.6) is 0 Å². The van der Waals surface area contributed by atoms with Crippen molar-refractivity contribution in [2.24, 2.45) is 0 Å². The Kier molecular flexibility index (Phi) is 4.03. The lowest BCUT2D eigenvalue weighted by Crippen LogP contribution is -2.43. The number of hydrogen-bond acceptors (Lipinski definition) is 3. The van der Waals surface area contributed by atoms with E-state index >= 15 is 0 Å². The second kappa shape index (κ2) is 6.13. The van der Waals surface area contributed by atoms with Gasteiger partial charge in [-0.15, -0.1) is 0 Å². The van der Waals surface area contributed by atoms with Gasteiger partial charge in [0, 0.05) is 18.7 Å². The van der Waals surface area contributed by atoms with E-state index in [2.05, 4.69) is 11.4 Å². The third kappa shape index (κ3) is 2.91. The fraction of sp³-hybridized carbons (Fsp3) is 0.263. The Bertz CT molecular complexity index is 764. The van der Waals surface area contributed by atoms with Crippen molar-refractivity contribution in [3.8, 4) is 6.07 Å². The molecule has 4 nitrogen and oxygen atoms in total. The van der Waals surface area contributed by atoms with E-state index in [0.29, 0.717) is 5.56 Å². The highest BCUT2D eigenvalue weighted by Crippen LogP contribution is 2.39. The van der Waals surface area contributed by atoms with Crippen LogP contribution in [0.1, 0.15) is 37.4 Å². The molecule has 0 bridgehead atoms. The Labute approximate surface area is 136 Å². The Morgan fingerprint density at radius 1 is 1.26 bits per heavy atom. The van der Waals surface area contributed by atoms with Crippen molar-refractivity contribution < 1.29 is 4.79 Å². The number of nitrogens with one attached hydrogen (secondary N) is 1. The van der Waals surface area contributed by atoms with Crippen LogP contribution in [0.15, 0.2) is 48.5 Å². The van der Waals surface area contributed by atoms with Crippen LogP contribution in [0.3, 0.4) is 0 Å². The average molecular weight is 305 g/mol. The maximum Gasteiger partial charge on any atom is 0.224 e. The van der Waals surface area contributed by atoms with Gasteiger partial charge in [-0.25, -0.2) is 0 Å². The lowest BCUT2D eigenvalue weighted by Gasteiger charge is -2.39. The van der Waals surface area contributed by atoms with E-state index in [1.54, 1.807) is 11.8 Å². The largest absolute Gasteiger partial charge is 0.378 e. The molecule has 0 aliphatic carbocycles. The SMILES string of the molecule is CC(=O)N1c2cc(C#N)ccc2[C@@H](Nc2ccccc2)C[C@H]1C. The quantitative estimate of drug-likeness (QED) is 0.916. The molecule has 0 spiro atoms. The van der Waals surface area contributed by atoms with Crippen LogP contribution in [0.25, 0.3) is 0 Å². The summed E-state index contributed by atoms with van der Waals surface area (Å²) in [4.78, 5) is 13.9. The number of rotatable bonds is 2. The second-order valence-electron chi connectivity index (χ2n) is 5.92. The molecule has 1 N–H and O–H groups in total. The number of benzene rings is 2. The number of carbonyl (C=O) groups excluding carboxylic acids is 1. The van der Waals surface area contributed by atoms with Crippen molar-refractivity contribution >= 4 is 17.3 Å². The van der Waals surface area contributed by atoms with Crippen LogP contribution >= 0.6 is 0 Å². The third-order valence-corrected chi connectivity index (χ3v) is 4.27. The van der Waals surface area contributed by atoms with Gasteiger partial charge in [-0.1, -0.05) is 24.3 Å². The van der Waals surface area contributed by atoms with Crippen LogP contribution in [0.2, 0.25) is 0 Å². The zero-order valence-electron chi connectivity index (χ0n) is 13.3. The van der Waals surface area contributed by atoms with Crippen molar-refractivity contribution in [1.29, 1.82) is 5.26 Å². The topological polar surface area (TPSA) is 56.1 Å². The number of nitriles is 1. The summed E-state index contributed by atoms with van der Waals surface area (Å²) in [5.74, 6) is 0.00648. The van der Waals surface area contributed by atoms with Gasteiger partial charge in [-0.3, -0.25) is 4.79 Å². The van der Waals surface area contributed by atoms with Crippen molar-refractivity contribution in [1.82, 2.24) is 0 Å². The van der Waals surface area contributed by atoms with E-state index in [1.807, 2.05) is 55.5 Å². The molecule has 23 heavy (non-hydrogen) atoms. The zero-order valence-corrected chi connectivity index (χ0v) is 13.3. The normalized spacial score (nSPS) is 19.6. The van der Waals surface area contributed by atoms with Gasteiger partial charge in [0.2, 0.25) is 5.91 Å². The number of hydrogen-bond donors (Lipinski definition) is 1. The molecule has 1 heterocycles. The minimum Gasteiger partial charge on any atom is -0.378 e.